The van der Waals surface area contributed by atoms with Crippen LogP contribution in [0.15, 0.2) is 0 Å². The fourth-order valence-corrected chi connectivity index (χ4v) is 0.677. The van der Waals surface area contributed by atoms with E-state index in [2.05, 4.69) is 13.8 Å². The molecule has 0 N–H and O–H groups in total. The Labute approximate surface area is 64.4 Å². The van der Waals surface area contributed by atoms with Gasteiger partial charge in [-0.2, -0.15) is 0 Å². The molecule has 0 radical (unpaired) electrons. The first kappa shape index (κ1) is 11.4. The molecule has 0 aromatic rings. The molecule has 0 fully saturated rings. The minimum absolute atomic E-state index is 0. The van der Waals surface area contributed by atoms with Gasteiger partial charge in [-0.1, -0.05) is 46.0 Å². The molecule has 0 heterocycles. The van der Waals surface area contributed by atoms with E-state index < -0.39 is 0 Å². The molecular formula is C7H19As. The molecule has 0 spiro atoms. The summed E-state index contributed by atoms with van der Waals surface area (Å²) in [6, 6.07) is 0. The molecule has 0 saturated carbocycles. The van der Waals surface area contributed by atoms with Crippen LogP contribution in [0.25, 0.3) is 0 Å². The van der Waals surface area contributed by atoms with E-state index in [4.69, 9.17) is 0 Å². The molecule has 8 heavy (non-hydrogen) atoms. The van der Waals surface area contributed by atoms with Crippen LogP contribution in [0, 0.1) is 0 Å². The summed E-state index contributed by atoms with van der Waals surface area (Å²) in [4.78, 5) is 0. The number of hydrogen-bond donors (Lipinski definition) is 0. The molecule has 1 unspecified atom stereocenters. The van der Waals surface area contributed by atoms with Gasteiger partial charge in [-0.3, -0.25) is 0 Å². The molecule has 0 amide bonds. The van der Waals surface area contributed by atoms with Crippen molar-refractivity contribution < 1.29 is 0 Å². The maximum atomic E-state index is 2.25. The van der Waals surface area contributed by atoms with Crippen molar-refractivity contribution in [2.24, 2.45) is 0 Å². The van der Waals surface area contributed by atoms with Crippen molar-refractivity contribution in [3.8, 4) is 0 Å². The summed E-state index contributed by atoms with van der Waals surface area (Å²) in [5, 5.41) is 0. The third-order valence-electron chi connectivity index (χ3n) is 1.21. The zero-order chi connectivity index (χ0) is 5.54. The Bertz CT molecular complexity index is 23.6. The molecule has 0 bridgehead atoms. The van der Waals surface area contributed by atoms with Gasteiger partial charge in [0.05, 0.1) is 0 Å². The van der Waals surface area contributed by atoms with Gasteiger partial charge in [-0.05, 0) is 0 Å². The van der Waals surface area contributed by atoms with E-state index in [9.17, 15) is 0 Å². The maximum absolute atomic E-state index is 2.25. The van der Waals surface area contributed by atoms with Crippen LogP contribution in [0.2, 0.25) is 0 Å². The first-order valence-corrected chi connectivity index (χ1v) is 3.41. The third-order valence-corrected chi connectivity index (χ3v) is 1.21. The summed E-state index contributed by atoms with van der Waals surface area (Å²) in [6.45, 7) is 4.49. The van der Waals surface area contributed by atoms with E-state index in [1.165, 1.54) is 32.1 Å². The van der Waals surface area contributed by atoms with Crippen LogP contribution in [0.5, 0.6) is 0 Å². The van der Waals surface area contributed by atoms with Crippen molar-refractivity contribution >= 4 is 18.0 Å². The third kappa shape index (κ3) is 9.75. The second-order valence-electron chi connectivity index (χ2n) is 2.06. The fraction of sp³-hybridized carbons (Fsp3) is 1.00. The zero-order valence-corrected chi connectivity index (χ0v) is 9.21. The molecule has 0 aliphatic carbocycles. The van der Waals surface area contributed by atoms with Crippen molar-refractivity contribution in [1.29, 1.82) is 0 Å². The minimum atomic E-state index is 0. The van der Waals surface area contributed by atoms with E-state index in [1.807, 2.05) is 0 Å². The second kappa shape index (κ2) is 10.5. The summed E-state index contributed by atoms with van der Waals surface area (Å²) < 4.78 is 0. The van der Waals surface area contributed by atoms with E-state index in [-0.39, 0.29) is 18.0 Å². The molecule has 52 valence electrons. The average Bonchev–Trinajstić information content (AvgIpc) is 1.69. The predicted octanol–water partition coefficient (Wildman–Crippen LogP) is 1.79. The number of hydrogen-bond acceptors (Lipinski definition) is 0. The van der Waals surface area contributed by atoms with E-state index in [1.54, 1.807) is 0 Å². The van der Waals surface area contributed by atoms with Crippen molar-refractivity contribution in [3.05, 3.63) is 0 Å². The van der Waals surface area contributed by atoms with Gasteiger partial charge in [0.25, 0.3) is 0 Å². The molecule has 0 aromatic carbocycles. The Morgan fingerprint density at radius 1 is 0.750 bits per heavy atom. The monoisotopic (exact) mass is 178 g/mol. The molecule has 0 nitrogen and oxygen atoms in total. The summed E-state index contributed by atoms with van der Waals surface area (Å²) in [7, 11) is 0. The Kier molecular flexibility index (Phi) is 15.0. The van der Waals surface area contributed by atoms with Crippen LogP contribution >= 0.6 is 0 Å². The quantitative estimate of drug-likeness (QED) is 0.454. The van der Waals surface area contributed by atoms with Gasteiger partial charge in [0, 0.05) is 0 Å². The van der Waals surface area contributed by atoms with E-state index in [0.717, 1.165) is 0 Å². The fourth-order valence-electron chi connectivity index (χ4n) is 0.677. The Hall–Kier alpha value is 0.558. The molecule has 0 aliphatic rings. The van der Waals surface area contributed by atoms with Crippen LogP contribution in [0.3, 0.4) is 0 Å². The van der Waals surface area contributed by atoms with Crippen LogP contribution in [0.1, 0.15) is 46.0 Å². The van der Waals surface area contributed by atoms with Gasteiger partial charge in [0.2, 0.25) is 0 Å². The van der Waals surface area contributed by atoms with Crippen molar-refractivity contribution in [2.45, 2.75) is 46.0 Å². The molecule has 0 aromatic heterocycles. The van der Waals surface area contributed by atoms with Crippen LogP contribution < -0.4 is 0 Å². The Morgan fingerprint density at radius 3 is 1.38 bits per heavy atom. The summed E-state index contributed by atoms with van der Waals surface area (Å²) in [6.07, 6.45) is 7.01. The number of rotatable bonds is 4. The van der Waals surface area contributed by atoms with Crippen LogP contribution in [0.4, 0.5) is 0 Å². The van der Waals surface area contributed by atoms with Crippen molar-refractivity contribution in [2.75, 3.05) is 0 Å². The molecule has 0 saturated heterocycles. The molecule has 0 rings (SSSR count). The first-order chi connectivity index (χ1) is 3.41. The standard InChI is InChI=1S/C7H16.AsH3/c1-3-5-7-6-4-2;/h3-7H2,1-2H3;1H3. The van der Waals surface area contributed by atoms with Gasteiger partial charge < -0.3 is 0 Å². The topological polar surface area (TPSA) is 0 Å². The summed E-state index contributed by atoms with van der Waals surface area (Å²) in [5.41, 5.74) is 0. The Balaban J connectivity index is 0. The summed E-state index contributed by atoms with van der Waals surface area (Å²) in [5.74, 6) is 0. The first-order valence-electron chi connectivity index (χ1n) is 3.41. The predicted molar refractivity (Wildman–Crippen MR) is 44.4 cm³/mol. The molecule has 1 atom stereocenters. The molecule has 0 aliphatic heterocycles. The number of unbranched alkanes of at least 4 members (excludes halogenated alkanes) is 4. The van der Waals surface area contributed by atoms with Gasteiger partial charge in [0.1, 0.15) is 0 Å². The van der Waals surface area contributed by atoms with E-state index >= 15 is 0 Å². The Morgan fingerprint density at radius 2 is 1.12 bits per heavy atom. The normalized spacial score (nSPS) is 8.25. The second-order valence-corrected chi connectivity index (χ2v) is 2.06. The molecular weight excluding hydrogens is 159 g/mol. The zero-order valence-electron chi connectivity index (χ0n) is 6.24. The van der Waals surface area contributed by atoms with Gasteiger partial charge in [-0.15, -0.1) is 0 Å². The van der Waals surface area contributed by atoms with Gasteiger partial charge in [0.15, 0.2) is 0 Å². The van der Waals surface area contributed by atoms with Crippen molar-refractivity contribution in [1.82, 2.24) is 0 Å². The summed E-state index contributed by atoms with van der Waals surface area (Å²) >= 11 is 0. The van der Waals surface area contributed by atoms with Crippen LogP contribution in [-0.4, -0.2) is 18.0 Å². The molecule has 1 heteroatoms. The van der Waals surface area contributed by atoms with Crippen molar-refractivity contribution in [3.63, 3.8) is 0 Å². The van der Waals surface area contributed by atoms with Gasteiger partial charge in [-0.25, -0.2) is 0 Å². The van der Waals surface area contributed by atoms with E-state index in [0.29, 0.717) is 0 Å². The SMILES string of the molecule is CCCCCCC.[AsH3]. The average molecular weight is 178 g/mol. The van der Waals surface area contributed by atoms with Gasteiger partial charge >= 0.3 is 18.0 Å². The van der Waals surface area contributed by atoms with Crippen LogP contribution in [-0.2, 0) is 0 Å².